The molecular formula is C15H19N3O2. The maximum Gasteiger partial charge on any atom is 0.234 e. The number of nitrogens with zero attached hydrogens (tertiary/aromatic N) is 1. The number of amides is 2. The standard InChI is InChI=1S/C15H19N3O2/c16-11-3-5-12(6-4-11)18-9-8-15(10-18)7-1-2-13(19)17-14(15)20/h3-6H,1-2,7-10,16H2,(H,17,19,20). The number of nitrogens with one attached hydrogen (secondary N) is 1. The molecule has 1 atom stereocenters. The van der Waals surface area contributed by atoms with Crippen LogP contribution in [0.25, 0.3) is 0 Å². The largest absolute Gasteiger partial charge is 0.399 e. The highest BCUT2D eigenvalue weighted by Crippen LogP contribution is 2.39. The van der Waals surface area contributed by atoms with E-state index in [1.54, 1.807) is 0 Å². The SMILES string of the molecule is Nc1ccc(N2CCC3(CCCC(=O)NC3=O)C2)cc1. The molecule has 1 aromatic carbocycles. The number of hydrogen-bond donors (Lipinski definition) is 2. The number of carbonyl (C=O) groups is 2. The van der Waals surface area contributed by atoms with Gasteiger partial charge in [0.1, 0.15) is 0 Å². The Morgan fingerprint density at radius 1 is 1.15 bits per heavy atom. The summed E-state index contributed by atoms with van der Waals surface area (Å²) in [5, 5.41) is 2.53. The maximum absolute atomic E-state index is 12.3. The smallest absolute Gasteiger partial charge is 0.234 e. The molecule has 2 heterocycles. The molecule has 1 aromatic rings. The van der Waals surface area contributed by atoms with Gasteiger partial charge in [-0.2, -0.15) is 0 Å². The van der Waals surface area contributed by atoms with Gasteiger partial charge in [-0.05, 0) is 43.5 Å². The number of hydrogen-bond acceptors (Lipinski definition) is 4. The first kappa shape index (κ1) is 13.0. The zero-order valence-electron chi connectivity index (χ0n) is 11.4. The summed E-state index contributed by atoms with van der Waals surface area (Å²) in [4.78, 5) is 26.0. The van der Waals surface area contributed by atoms with Gasteiger partial charge in [0.05, 0.1) is 5.41 Å². The van der Waals surface area contributed by atoms with Gasteiger partial charge in [-0.3, -0.25) is 14.9 Å². The first-order valence-electron chi connectivity index (χ1n) is 7.04. The van der Waals surface area contributed by atoms with Crippen molar-refractivity contribution >= 4 is 23.2 Å². The minimum absolute atomic E-state index is 0.0991. The van der Waals surface area contributed by atoms with Crippen LogP contribution in [0.1, 0.15) is 25.7 Å². The lowest BCUT2D eigenvalue weighted by atomic mass is 9.82. The Balaban J connectivity index is 1.79. The molecule has 2 saturated heterocycles. The van der Waals surface area contributed by atoms with Crippen molar-refractivity contribution in [1.29, 1.82) is 0 Å². The van der Waals surface area contributed by atoms with Gasteiger partial charge in [0.15, 0.2) is 0 Å². The van der Waals surface area contributed by atoms with Crippen LogP contribution in [0.4, 0.5) is 11.4 Å². The lowest BCUT2D eigenvalue weighted by Crippen LogP contribution is -2.43. The van der Waals surface area contributed by atoms with Crippen LogP contribution >= 0.6 is 0 Å². The second kappa shape index (κ2) is 4.81. The van der Waals surface area contributed by atoms with Crippen molar-refractivity contribution in [3.63, 3.8) is 0 Å². The van der Waals surface area contributed by atoms with Crippen molar-refractivity contribution in [2.75, 3.05) is 23.7 Å². The molecular weight excluding hydrogens is 254 g/mol. The second-order valence-electron chi connectivity index (χ2n) is 5.77. The highest BCUT2D eigenvalue weighted by Gasteiger charge is 2.45. The molecule has 106 valence electrons. The van der Waals surface area contributed by atoms with Crippen molar-refractivity contribution in [3.8, 4) is 0 Å². The first-order valence-corrected chi connectivity index (χ1v) is 7.04. The van der Waals surface area contributed by atoms with Crippen molar-refractivity contribution in [3.05, 3.63) is 24.3 Å². The summed E-state index contributed by atoms with van der Waals surface area (Å²) in [6.45, 7) is 1.52. The molecule has 0 saturated carbocycles. The molecule has 1 unspecified atom stereocenters. The topological polar surface area (TPSA) is 75.4 Å². The Kier molecular flexibility index (Phi) is 3.12. The summed E-state index contributed by atoms with van der Waals surface area (Å²) in [7, 11) is 0. The third-order valence-corrected chi connectivity index (χ3v) is 4.41. The summed E-state index contributed by atoms with van der Waals surface area (Å²) < 4.78 is 0. The number of rotatable bonds is 1. The summed E-state index contributed by atoms with van der Waals surface area (Å²) in [6, 6.07) is 7.70. The van der Waals surface area contributed by atoms with Crippen LogP contribution in [0.5, 0.6) is 0 Å². The van der Waals surface area contributed by atoms with Crippen LogP contribution in [-0.4, -0.2) is 24.9 Å². The van der Waals surface area contributed by atoms with Crippen LogP contribution in [-0.2, 0) is 9.59 Å². The average Bonchev–Trinajstić information content (AvgIpc) is 2.79. The van der Waals surface area contributed by atoms with Gasteiger partial charge in [-0.15, -0.1) is 0 Å². The molecule has 5 heteroatoms. The Hall–Kier alpha value is -2.04. The number of benzene rings is 1. The molecule has 20 heavy (non-hydrogen) atoms. The van der Waals surface area contributed by atoms with E-state index < -0.39 is 5.41 Å². The van der Waals surface area contributed by atoms with E-state index >= 15 is 0 Å². The van der Waals surface area contributed by atoms with Gasteiger partial charge in [0, 0.05) is 30.9 Å². The minimum atomic E-state index is -0.409. The monoisotopic (exact) mass is 273 g/mol. The zero-order chi connectivity index (χ0) is 14.2. The fraction of sp³-hybridized carbons (Fsp3) is 0.467. The van der Waals surface area contributed by atoms with Gasteiger partial charge in [0.2, 0.25) is 11.8 Å². The third kappa shape index (κ3) is 2.24. The van der Waals surface area contributed by atoms with E-state index in [4.69, 9.17) is 5.73 Å². The van der Waals surface area contributed by atoms with E-state index in [2.05, 4.69) is 10.2 Å². The summed E-state index contributed by atoms with van der Waals surface area (Å²) >= 11 is 0. The molecule has 0 bridgehead atoms. The fourth-order valence-electron chi connectivity index (χ4n) is 3.19. The predicted molar refractivity (Wildman–Crippen MR) is 77.1 cm³/mol. The number of nitrogen functional groups attached to an aromatic ring is 1. The quantitative estimate of drug-likeness (QED) is 0.597. The van der Waals surface area contributed by atoms with Gasteiger partial charge in [-0.25, -0.2) is 0 Å². The van der Waals surface area contributed by atoms with E-state index in [9.17, 15) is 9.59 Å². The molecule has 0 radical (unpaired) electrons. The minimum Gasteiger partial charge on any atom is -0.399 e. The number of anilines is 2. The molecule has 3 rings (SSSR count). The fourth-order valence-corrected chi connectivity index (χ4v) is 3.19. The van der Waals surface area contributed by atoms with Gasteiger partial charge in [-0.1, -0.05) is 0 Å². The van der Waals surface area contributed by atoms with Gasteiger partial charge >= 0.3 is 0 Å². The number of carbonyl (C=O) groups excluding carboxylic acids is 2. The summed E-state index contributed by atoms with van der Waals surface area (Å²) in [5.74, 6) is -0.240. The molecule has 0 aromatic heterocycles. The molecule has 1 spiro atoms. The Bertz CT molecular complexity index is 541. The highest BCUT2D eigenvalue weighted by molar-refractivity contribution is 5.99. The summed E-state index contributed by atoms with van der Waals surface area (Å²) in [6.07, 6.45) is 2.83. The van der Waals surface area contributed by atoms with E-state index in [-0.39, 0.29) is 11.8 Å². The van der Waals surface area contributed by atoms with Crippen LogP contribution < -0.4 is 16.0 Å². The van der Waals surface area contributed by atoms with Crippen LogP contribution in [0.2, 0.25) is 0 Å². The molecule has 5 nitrogen and oxygen atoms in total. The molecule has 2 amide bonds. The van der Waals surface area contributed by atoms with Gasteiger partial charge < -0.3 is 10.6 Å². The number of nitrogens with two attached hydrogens (primary N) is 1. The Labute approximate surface area is 118 Å². The maximum atomic E-state index is 12.3. The third-order valence-electron chi connectivity index (χ3n) is 4.41. The lowest BCUT2D eigenvalue weighted by molar-refractivity contribution is -0.134. The lowest BCUT2D eigenvalue weighted by Gasteiger charge is -2.26. The summed E-state index contributed by atoms with van der Waals surface area (Å²) in [5.41, 5.74) is 7.11. The predicted octanol–water partition coefficient (Wildman–Crippen LogP) is 1.29. The normalized spacial score (nSPS) is 26.7. The van der Waals surface area contributed by atoms with Crippen LogP contribution in [0, 0.1) is 5.41 Å². The zero-order valence-corrected chi connectivity index (χ0v) is 11.4. The second-order valence-corrected chi connectivity index (χ2v) is 5.77. The van der Waals surface area contributed by atoms with Crippen LogP contribution in [0.15, 0.2) is 24.3 Å². The molecule has 3 N–H and O–H groups in total. The molecule has 0 aliphatic carbocycles. The van der Waals surface area contributed by atoms with Gasteiger partial charge in [0.25, 0.3) is 0 Å². The first-order chi connectivity index (χ1) is 9.59. The van der Waals surface area contributed by atoms with E-state index in [0.717, 1.165) is 37.2 Å². The van der Waals surface area contributed by atoms with E-state index in [1.807, 2.05) is 24.3 Å². The highest BCUT2D eigenvalue weighted by atomic mass is 16.2. The Morgan fingerprint density at radius 3 is 2.65 bits per heavy atom. The average molecular weight is 273 g/mol. The Morgan fingerprint density at radius 2 is 1.90 bits per heavy atom. The van der Waals surface area contributed by atoms with Crippen molar-refractivity contribution in [2.45, 2.75) is 25.7 Å². The van der Waals surface area contributed by atoms with Crippen molar-refractivity contribution in [1.82, 2.24) is 5.32 Å². The van der Waals surface area contributed by atoms with E-state index in [0.29, 0.717) is 13.0 Å². The molecule has 2 aliphatic rings. The van der Waals surface area contributed by atoms with Crippen molar-refractivity contribution < 1.29 is 9.59 Å². The number of imide groups is 1. The van der Waals surface area contributed by atoms with E-state index in [1.165, 1.54) is 0 Å². The van der Waals surface area contributed by atoms with Crippen molar-refractivity contribution in [2.24, 2.45) is 5.41 Å². The molecule has 2 fully saturated rings. The molecule has 2 aliphatic heterocycles. The van der Waals surface area contributed by atoms with Crippen LogP contribution in [0.3, 0.4) is 0 Å².